The molecule has 0 saturated carbocycles. The summed E-state index contributed by atoms with van der Waals surface area (Å²) in [5.74, 6) is -1.09. The Bertz CT molecular complexity index is 759. The van der Waals surface area contributed by atoms with Gasteiger partial charge in [-0.1, -0.05) is 38.1 Å². The number of nitrogens with zero attached hydrogens (tertiary/aromatic N) is 1. The third-order valence-electron chi connectivity index (χ3n) is 4.06. The van der Waals surface area contributed by atoms with Crippen LogP contribution in [0.4, 0.5) is 14.5 Å². The van der Waals surface area contributed by atoms with E-state index < -0.39 is 11.6 Å². The highest BCUT2D eigenvalue weighted by molar-refractivity contribution is 5.93. The lowest BCUT2D eigenvalue weighted by atomic mass is 9.98. The molecule has 0 atom stereocenters. The summed E-state index contributed by atoms with van der Waals surface area (Å²) in [4.78, 5) is 14.1. The molecule has 2 rings (SSSR count). The number of nitrogens with one attached hydrogen (secondary N) is 1. The quantitative estimate of drug-likeness (QED) is 0.837. The van der Waals surface area contributed by atoms with Crippen molar-refractivity contribution in [2.45, 2.75) is 33.2 Å². The molecule has 0 fully saturated rings. The lowest BCUT2D eigenvalue weighted by Crippen LogP contribution is -2.30. The Morgan fingerprint density at radius 3 is 2.56 bits per heavy atom. The molecule has 134 valence electrons. The van der Waals surface area contributed by atoms with Gasteiger partial charge in [0.15, 0.2) is 0 Å². The van der Waals surface area contributed by atoms with Gasteiger partial charge in [-0.05, 0) is 37.1 Å². The molecule has 2 aromatic rings. The van der Waals surface area contributed by atoms with Gasteiger partial charge < -0.3 is 5.32 Å². The first-order chi connectivity index (χ1) is 11.8. The van der Waals surface area contributed by atoms with Crippen LogP contribution in [0.25, 0.3) is 0 Å². The molecule has 0 aromatic heterocycles. The number of aryl methyl sites for hydroxylation is 1. The summed E-state index contributed by atoms with van der Waals surface area (Å²) in [6.07, 6.45) is 0. The Labute approximate surface area is 147 Å². The molecule has 0 aliphatic heterocycles. The minimum atomic E-state index is -0.609. The zero-order valence-electron chi connectivity index (χ0n) is 15.1. The molecular formula is C20H24F2N2O. The highest BCUT2D eigenvalue weighted by atomic mass is 19.1. The maximum atomic E-state index is 13.7. The molecular weight excluding hydrogens is 322 g/mol. The van der Waals surface area contributed by atoms with Crippen molar-refractivity contribution in [1.29, 1.82) is 0 Å². The van der Waals surface area contributed by atoms with Crippen molar-refractivity contribution in [1.82, 2.24) is 4.90 Å². The predicted molar refractivity (Wildman–Crippen MR) is 96.6 cm³/mol. The van der Waals surface area contributed by atoms with Crippen LogP contribution in [0.2, 0.25) is 0 Å². The van der Waals surface area contributed by atoms with E-state index in [1.165, 1.54) is 12.1 Å². The second-order valence-corrected chi connectivity index (χ2v) is 6.65. The molecule has 0 saturated heterocycles. The van der Waals surface area contributed by atoms with Gasteiger partial charge in [-0.15, -0.1) is 0 Å². The molecule has 2 aromatic carbocycles. The van der Waals surface area contributed by atoms with Gasteiger partial charge in [-0.25, -0.2) is 8.78 Å². The summed E-state index contributed by atoms with van der Waals surface area (Å²) in [6.45, 7) is 6.45. The molecule has 0 aliphatic carbocycles. The Balaban J connectivity index is 2.03. The fraction of sp³-hybridized carbons (Fsp3) is 0.350. The van der Waals surface area contributed by atoms with Gasteiger partial charge in [-0.2, -0.15) is 0 Å². The largest absolute Gasteiger partial charge is 0.324 e. The first-order valence-electron chi connectivity index (χ1n) is 8.29. The lowest BCUT2D eigenvalue weighted by molar-refractivity contribution is -0.117. The van der Waals surface area contributed by atoms with E-state index in [-0.39, 0.29) is 19.0 Å². The topological polar surface area (TPSA) is 32.3 Å². The summed E-state index contributed by atoms with van der Waals surface area (Å²) >= 11 is 0. The molecule has 0 bridgehead atoms. The number of hydrogen-bond donors (Lipinski definition) is 1. The molecule has 25 heavy (non-hydrogen) atoms. The highest BCUT2D eigenvalue weighted by Gasteiger charge is 2.14. The molecule has 0 heterocycles. The van der Waals surface area contributed by atoms with Gasteiger partial charge in [0.1, 0.15) is 11.6 Å². The number of carbonyl (C=O) groups is 1. The first-order valence-corrected chi connectivity index (χ1v) is 8.29. The summed E-state index contributed by atoms with van der Waals surface area (Å²) in [7, 11) is 1.73. The van der Waals surface area contributed by atoms with Crippen molar-refractivity contribution in [3.63, 3.8) is 0 Å². The number of anilines is 1. The predicted octanol–water partition coefficient (Wildman–Crippen LogP) is 4.47. The average molecular weight is 346 g/mol. The Kier molecular flexibility index (Phi) is 6.26. The fourth-order valence-corrected chi connectivity index (χ4v) is 2.76. The molecule has 3 nitrogen and oxygen atoms in total. The molecule has 0 unspecified atom stereocenters. The SMILES string of the molecule is Cc1cccc(C(C)C)c1NC(=O)CN(C)Cc1ccc(F)cc1F. The van der Waals surface area contributed by atoms with Gasteiger partial charge in [0, 0.05) is 23.9 Å². The van der Waals surface area contributed by atoms with E-state index in [9.17, 15) is 13.6 Å². The second-order valence-electron chi connectivity index (χ2n) is 6.65. The summed E-state index contributed by atoms with van der Waals surface area (Å²) in [5, 5.41) is 2.97. The van der Waals surface area contributed by atoms with Crippen LogP contribution in [0.3, 0.4) is 0 Å². The Morgan fingerprint density at radius 2 is 1.92 bits per heavy atom. The number of halogens is 2. The molecule has 0 aliphatic rings. The normalized spacial score (nSPS) is 11.2. The zero-order chi connectivity index (χ0) is 18.6. The summed E-state index contributed by atoms with van der Waals surface area (Å²) < 4.78 is 26.7. The van der Waals surface area contributed by atoms with Crippen LogP contribution in [-0.4, -0.2) is 24.4 Å². The van der Waals surface area contributed by atoms with Gasteiger partial charge >= 0.3 is 0 Å². The highest BCUT2D eigenvalue weighted by Crippen LogP contribution is 2.27. The number of rotatable bonds is 6. The number of likely N-dealkylation sites (N-methyl/N-ethyl adjacent to an activating group) is 1. The molecule has 0 spiro atoms. The molecule has 0 radical (unpaired) electrons. The van der Waals surface area contributed by atoms with Crippen molar-refractivity contribution in [2.75, 3.05) is 18.9 Å². The van der Waals surface area contributed by atoms with Crippen molar-refractivity contribution in [3.8, 4) is 0 Å². The van der Waals surface area contributed by atoms with Gasteiger partial charge in [0.2, 0.25) is 5.91 Å². The lowest BCUT2D eigenvalue weighted by Gasteiger charge is -2.20. The van der Waals surface area contributed by atoms with Gasteiger partial charge in [-0.3, -0.25) is 9.69 Å². The molecule has 5 heteroatoms. The van der Waals surface area contributed by atoms with Crippen LogP contribution in [0.15, 0.2) is 36.4 Å². The smallest absolute Gasteiger partial charge is 0.238 e. The van der Waals surface area contributed by atoms with E-state index in [0.29, 0.717) is 11.5 Å². The van der Waals surface area contributed by atoms with E-state index in [4.69, 9.17) is 0 Å². The van der Waals surface area contributed by atoms with Crippen LogP contribution in [0, 0.1) is 18.6 Å². The van der Waals surface area contributed by atoms with Crippen LogP contribution in [-0.2, 0) is 11.3 Å². The fourth-order valence-electron chi connectivity index (χ4n) is 2.76. The van der Waals surface area contributed by atoms with Gasteiger partial charge in [0.25, 0.3) is 0 Å². The number of carbonyl (C=O) groups excluding carboxylic acids is 1. The second kappa shape index (κ2) is 8.21. The summed E-state index contributed by atoms with van der Waals surface area (Å²) in [5.41, 5.74) is 3.28. The van der Waals surface area contributed by atoms with Crippen LogP contribution in [0.5, 0.6) is 0 Å². The van der Waals surface area contributed by atoms with Crippen molar-refractivity contribution in [2.24, 2.45) is 0 Å². The van der Waals surface area contributed by atoms with Crippen molar-refractivity contribution in [3.05, 3.63) is 64.7 Å². The Hall–Kier alpha value is -2.27. The van der Waals surface area contributed by atoms with Crippen LogP contribution >= 0.6 is 0 Å². The third kappa shape index (κ3) is 5.10. The van der Waals surface area contributed by atoms with Crippen LogP contribution in [0.1, 0.15) is 36.5 Å². The van der Waals surface area contributed by atoms with E-state index >= 15 is 0 Å². The summed E-state index contributed by atoms with van der Waals surface area (Å²) in [6, 6.07) is 9.41. The number of amides is 1. The maximum absolute atomic E-state index is 13.7. The molecule has 1 N–H and O–H groups in total. The standard InChI is InChI=1S/C20H24F2N2O/c1-13(2)17-7-5-6-14(3)20(17)23-19(25)12-24(4)11-15-8-9-16(21)10-18(15)22/h5-10,13H,11-12H2,1-4H3,(H,23,25). The minimum absolute atomic E-state index is 0.114. The van der Waals surface area contributed by atoms with Gasteiger partial charge in [0.05, 0.1) is 6.54 Å². The minimum Gasteiger partial charge on any atom is -0.324 e. The third-order valence-corrected chi connectivity index (χ3v) is 4.06. The van der Waals surface area contributed by atoms with E-state index in [1.54, 1.807) is 11.9 Å². The Morgan fingerprint density at radius 1 is 1.20 bits per heavy atom. The zero-order valence-corrected chi connectivity index (χ0v) is 15.1. The number of para-hydroxylation sites is 1. The van der Waals surface area contributed by atoms with Crippen LogP contribution < -0.4 is 5.32 Å². The van der Waals surface area contributed by atoms with E-state index in [1.807, 2.05) is 25.1 Å². The average Bonchev–Trinajstić information content (AvgIpc) is 2.51. The van der Waals surface area contributed by atoms with E-state index in [0.717, 1.165) is 22.9 Å². The number of benzene rings is 2. The molecule has 1 amide bonds. The maximum Gasteiger partial charge on any atom is 0.238 e. The monoisotopic (exact) mass is 346 g/mol. The van der Waals surface area contributed by atoms with Crippen molar-refractivity contribution >= 4 is 11.6 Å². The van der Waals surface area contributed by atoms with E-state index in [2.05, 4.69) is 19.2 Å². The first kappa shape index (κ1) is 19.1. The van der Waals surface area contributed by atoms with Crippen molar-refractivity contribution < 1.29 is 13.6 Å². The number of hydrogen-bond acceptors (Lipinski definition) is 2.